The van der Waals surface area contributed by atoms with Crippen LogP contribution in [0.4, 0.5) is 33.3 Å². The third-order valence-electron chi connectivity index (χ3n) is 3.48. The summed E-state index contributed by atoms with van der Waals surface area (Å²) in [7, 11) is 0. The number of nitro benzene ring substituents is 1. The first kappa shape index (κ1) is 22.3. The molecule has 156 valence electrons. The minimum absolute atomic E-state index is 0.0196. The molecular formula is C17H14F5N3O3S. The van der Waals surface area contributed by atoms with Gasteiger partial charge in [0, 0.05) is 18.7 Å². The molecule has 0 aliphatic heterocycles. The monoisotopic (exact) mass is 435 g/mol. The van der Waals surface area contributed by atoms with Crippen LogP contribution in [-0.2, 0) is 6.54 Å². The average molecular weight is 435 g/mol. The summed E-state index contributed by atoms with van der Waals surface area (Å²) < 4.78 is 68.0. The number of hydrogen-bond acceptors (Lipinski definition) is 4. The molecule has 0 bridgehead atoms. The topological polar surface area (TPSA) is 76.4 Å². The van der Waals surface area contributed by atoms with Crippen LogP contribution in [-0.4, -0.2) is 29.0 Å². The van der Waals surface area contributed by atoms with Crippen molar-refractivity contribution >= 4 is 28.7 Å². The van der Waals surface area contributed by atoms with Crippen molar-refractivity contribution in [3.05, 3.63) is 64.0 Å². The molecule has 2 rings (SSSR count). The summed E-state index contributed by atoms with van der Waals surface area (Å²) in [4.78, 5) is 10.2. The van der Waals surface area contributed by atoms with Gasteiger partial charge in [-0.3, -0.25) is 10.1 Å². The Bertz CT molecular complexity index is 881. The van der Waals surface area contributed by atoms with E-state index in [0.29, 0.717) is 5.56 Å². The highest BCUT2D eigenvalue weighted by molar-refractivity contribution is 7.80. The zero-order valence-electron chi connectivity index (χ0n) is 14.5. The van der Waals surface area contributed by atoms with Crippen molar-refractivity contribution in [3.63, 3.8) is 0 Å². The van der Waals surface area contributed by atoms with E-state index in [4.69, 9.17) is 12.2 Å². The van der Waals surface area contributed by atoms with Gasteiger partial charge in [0.15, 0.2) is 11.7 Å². The molecule has 0 saturated carbocycles. The van der Waals surface area contributed by atoms with Crippen molar-refractivity contribution in [2.45, 2.75) is 18.9 Å². The number of rotatable bonds is 8. The third kappa shape index (κ3) is 6.82. The second-order valence-electron chi connectivity index (χ2n) is 5.76. The van der Waals surface area contributed by atoms with Crippen LogP contribution in [0.5, 0.6) is 5.75 Å². The molecule has 0 unspecified atom stereocenters. The lowest BCUT2D eigenvalue weighted by molar-refractivity contribution is -0.384. The lowest BCUT2D eigenvalue weighted by atomic mass is 10.2. The molecule has 6 nitrogen and oxygen atoms in total. The second-order valence-corrected chi connectivity index (χ2v) is 6.17. The summed E-state index contributed by atoms with van der Waals surface area (Å²) >= 11 is 5.05. The Morgan fingerprint density at radius 2 is 1.86 bits per heavy atom. The van der Waals surface area contributed by atoms with Gasteiger partial charge in [-0.25, -0.2) is 13.2 Å². The van der Waals surface area contributed by atoms with Crippen molar-refractivity contribution in [1.29, 1.82) is 0 Å². The van der Waals surface area contributed by atoms with E-state index in [2.05, 4.69) is 15.4 Å². The Morgan fingerprint density at radius 3 is 2.45 bits per heavy atom. The molecule has 2 aromatic carbocycles. The van der Waals surface area contributed by atoms with Crippen LogP contribution in [0.3, 0.4) is 0 Å². The minimum Gasteiger partial charge on any atom is -0.487 e. The van der Waals surface area contributed by atoms with Gasteiger partial charge in [-0.1, -0.05) is 12.1 Å². The maximum atomic E-state index is 13.0. The molecular weight excluding hydrogens is 421 g/mol. The first-order chi connectivity index (χ1) is 13.6. The van der Waals surface area contributed by atoms with E-state index in [1.807, 2.05) is 0 Å². The second kappa shape index (κ2) is 9.45. The van der Waals surface area contributed by atoms with Gasteiger partial charge in [0.1, 0.15) is 11.6 Å². The van der Waals surface area contributed by atoms with E-state index >= 15 is 0 Å². The van der Waals surface area contributed by atoms with Crippen LogP contribution in [0, 0.1) is 15.9 Å². The summed E-state index contributed by atoms with van der Waals surface area (Å²) in [6.07, 6.45) is -3.94. The highest BCUT2D eigenvalue weighted by atomic mass is 32.1. The molecule has 0 heterocycles. The Labute approximate surface area is 166 Å². The number of nitrogens with one attached hydrogen (secondary N) is 2. The van der Waals surface area contributed by atoms with Crippen LogP contribution < -0.4 is 15.4 Å². The Kier molecular flexibility index (Phi) is 7.26. The number of anilines is 1. The molecule has 2 aromatic rings. The van der Waals surface area contributed by atoms with Gasteiger partial charge in [-0.15, -0.1) is 0 Å². The van der Waals surface area contributed by atoms with E-state index in [-0.39, 0.29) is 17.3 Å². The van der Waals surface area contributed by atoms with Gasteiger partial charge >= 0.3 is 12.3 Å². The first-order valence-electron chi connectivity index (χ1n) is 7.94. The lowest BCUT2D eigenvalue weighted by Gasteiger charge is -2.17. The molecule has 0 aliphatic rings. The van der Waals surface area contributed by atoms with Gasteiger partial charge in [-0.05, 0) is 29.9 Å². The number of nitro groups is 1. The van der Waals surface area contributed by atoms with E-state index in [0.717, 1.165) is 18.2 Å². The summed E-state index contributed by atoms with van der Waals surface area (Å²) in [6.45, 7) is -1.44. The standard InChI is InChI=1S/C17H14F5N3O3S/c18-11-3-1-10(2-4-11)8-23-16(29)24-12-5-13(25(26)27)7-14(6-12)28-9-17(21,22)15(19)20/h1-7,15H,8-9H2,(H2,23,24,29). The molecule has 0 fully saturated rings. The van der Waals surface area contributed by atoms with Crippen LogP contribution in [0.2, 0.25) is 0 Å². The molecule has 0 atom stereocenters. The number of ether oxygens (including phenoxy) is 1. The average Bonchev–Trinajstić information content (AvgIpc) is 2.65. The smallest absolute Gasteiger partial charge is 0.340 e. The van der Waals surface area contributed by atoms with Crippen molar-refractivity contribution < 1.29 is 31.6 Å². The summed E-state index contributed by atoms with van der Waals surface area (Å²) in [5.74, 6) is -5.23. The zero-order chi connectivity index (χ0) is 21.6. The van der Waals surface area contributed by atoms with Crippen molar-refractivity contribution in [3.8, 4) is 5.75 Å². The fourth-order valence-corrected chi connectivity index (χ4v) is 2.24. The van der Waals surface area contributed by atoms with E-state index in [9.17, 15) is 32.1 Å². The number of benzene rings is 2. The Hall–Kier alpha value is -3.02. The predicted molar refractivity (Wildman–Crippen MR) is 99.0 cm³/mol. The van der Waals surface area contributed by atoms with Gasteiger partial charge < -0.3 is 15.4 Å². The minimum atomic E-state index is -4.41. The summed E-state index contributed by atoms with van der Waals surface area (Å²) in [5, 5.41) is 16.4. The van der Waals surface area contributed by atoms with Crippen LogP contribution in [0.25, 0.3) is 0 Å². The number of halogens is 5. The molecule has 0 saturated heterocycles. The predicted octanol–water partition coefficient (Wildman–Crippen LogP) is 4.50. The van der Waals surface area contributed by atoms with Crippen molar-refractivity contribution in [1.82, 2.24) is 5.32 Å². The number of nitrogens with zero attached hydrogens (tertiary/aromatic N) is 1. The van der Waals surface area contributed by atoms with E-state index in [1.165, 1.54) is 24.3 Å². The fraction of sp³-hybridized carbons (Fsp3) is 0.235. The van der Waals surface area contributed by atoms with Gasteiger partial charge in [0.2, 0.25) is 0 Å². The first-order valence-corrected chi connectivity index (χ1v) is 8.35. The molecule has 12 heteroatoms. The van der Waals surface area contributed by atoms with Crippen molar-refractivity contribution in [2.24, 2.45) is 0 Å². The maximum Gasteiger partial charge on any atom is 0.340 e. The molecule has 0 spiro atoms. The number of alkyl halides is 4. The SMILES string of the molecule is O=[N+]([O-])c1cc(NC(=S)NCc2ccc(F)cc2)cc(OCC(F)(F)C(F)F)c1. The highest BCUT2D eigenvalue weighted by Crippen LogP contribution is 2.29. The maximum absolute atomic E-state index is 13.0. The Morgan fingerprint density at radius 1 is 1.21 bits per heavy atom. The van der Waals surface area contributed by atoms with E-state index in [1.54, 1.807) is 0 Å². The highest BCUT2D eigenvalue weighted by Gasteiger charge is 2.41. The van der Waals surface area contributed by atoms with Crippen LogP contribution in [0.15, 0.2) is 42.5 Å². The van der Waals surface area contributed by atoms with Gasteiger partial charge in [0.05, 0.1) is 16.7 Å². The van der Waals surface area contributed by atoms with Crippen LogP contribution in [0.1, 0.15) is 5.56 Å². The van der Waals surface area contributed by atoms with Crippen LogP contribution >= 0.6 is 12.2 Å². The molecule has 2 N–H and O–H groups in total. The molecule has 0 aromatic heterocycles. The lowest BCUT2D eigenvalue weighted by Crippen LogP contribution is -2.33. The molecule has 0 amide bonds. The molecule has 29 heavy (non-hydrogen) atoms. The third-order valence-corrected chi connectivity index (χ3v) is 3.72. The van der Waals surface area contributed by atoms with Gasteiger partial charge in [0.25, 0.3) is 5.69 Å². The quantitative estimate of drug-likeness (QED) is 0.275. The zero-order valence-corrected chi connectivity index (χ0v) is 15.3. The number of non-ortho nitro benzene ring substituents is 1. The Balaban J connectivity index is 2.06. The summed E-state index contributed by atoms with van der Waals surface area (Å²) in [6, 6.07) is 8.53. The number of thiocarbonyl (C=S) groups is 1. The molecule has 0 aliphatic carbocycles. The largest absolute Gasteiger partial charge is 0.487 e. The number of hydrogen-bond donors (Lipinski definition) is 2. The summed E-state index contributed by atoms with van der Waals surface area (Å²) in [5.41, 5.74) is 0.200. The van der Waals surface area contributed by atoms with Crippen molar-refractivity contribution in [2.75, 3.05) is 11.9 Å². The van der Waals surface area contributed by atoms with E-state index < -0.39 is 41.1 Å². The van der Waals surface area contributed by atoms with Gasteiger partial charge in [-0.2, -0.15) is 8.78 Å². The molecule has 0 radical (unpaired) electrons. The fourth-order valence-electron chi connectivity index (χ4n) is 2.05. The normalized spacial score (nSPS) is 11.2.